The number of nitrogens with zero attached hydrogens (tertiary/aromatic N) is 1. The fraction of sp³-hybridized carbons (Fsp3) is 0.773. The second-order valence-corrected chi connectivity index (χ2v) is 8.19. The van der Waals surface area contributed by atoms with Gasteiger partial charge in [0, 0.05) is 45.2 Å². The molecule has 0 spiro atoms. The monoisotopic (exact) mass is 379 g/mol. The summed E-state index contributed by atoms with van der Waals surface area (Å²) in [5.41, 5.74) is 0. The van der Waals surface area contributed by atoms with Gasteiger partial charge in [-0.1, -0.05) is 38.3 Å². The number of fused-ring (bicyclic) bond motifs is 1. The van der Waals surface area contributed by atoms with E-state index < -0.39 is 12.2 Å². The summed E-state index contributed by atoms with van der Waals surface area (Å²) in [5, 5.41) is 20.4. The van der Waals surface area contributed by atoms with Crippen LogP contribution in [0.15, 0.2) is 24.0 Å². The van der Waals surface area contributed by atoms with Crippen molar-refractivity contribution in [2.24, 2.45) is 11.8 Å². The van der Waals surface area contributed by atoms with Crippen LogP contribution in [0.5, 0.6) is 0 Å². The summed E-state index contributed by atoms with van der Waals surface area (Å²) in [5.74, 6) is 1.37. The zero-order valence-corrected chi connectivity index (χ0v) is 17.1. The molecule has 0 bridgehead atoms. The Hall–Kier alpha value is -1.33. The smallest absolute Gasteiger partial charge is 0.222 e. The zero-order chi connectivity index (χ0) is 19.8. The number of aliphatic hydroxyl groups is 2. The third-order valence-corrected chi connectivity index (χ3v) is 5.69. The SMILES string of the molecule is CCCCC[C@H](O)/C=C/[C@@H]1[C@H]2C=C(CCCCC(=O)N(C)C)O[C@H]2C[C@H]1O. The first-order valence-corrected chi connectivity index (χ1v) is 10.5. The molecule has 0 aromatic heterocycles. The molecular weight excluding hydrogens is 342 g/mol. The molecule has 5 heteroatoms. The molecular formula is C22H37NO4. The predicted octanol–water partition coefficient (Wildman–Crippen LogP) is 3.41. The van der Waals surface area contributed by atoms with Gasteiger partial charge in [0.2, 0.25) is 5.91 Å². The van der Waals surface area contributed by atoms with E-state index in [-0.39, 0.29) is 23.8 Å². The van der Waals surface area contributed by atoms with Crippen molar-refractivity contribution < 1.29 is 19.7 Å². The number of ether oxygens (including phenoxy) is 1. The van der Waals surface area contributed by atoms with E-state index in [0.717, 1.165) is 50.7 Å². The second kappa shape index (κ2) is 10.9. The van der Waals surface area contributed by atoms with E-state index in [1.54, 1.807) is 19.0 Å². The van der Waals surface area contributed by atoms with Crippen LogP contribution >= 0.6 is 0 Å². The van der Waals surface area contributed by atoms with Crippen molar-refractivity contribution in [1.29, 1.82) is 0 Å². The van der Waals surface area contributed by atoms with Crippen LogP contribution in [-0.2, 0) is 9.53 Å². The van der Waals surface area contributed by atoms with Crippen LogP contribution in [0, 0.1) is 11.8 Å². The van der Waals surface area contributed by atoms with Gasteiger partial charge >= 0.3 is 0 Å². The van der Waals surface area contributed by atoms with Crippen LogP contribution in [-0.4, -0.2) is 53.4 Å². The van der Waals surface area contributed by atoms with Crippen molar-refractivity contribution in [3.63, 3.8) is 0 Å². The van der Waals surface area contributed by atoms with Gasteiger partial charge in [0.25, 0.3) is 0 Å². The molecule has 1 aliphatic heterocycles. The molecule has 1 saturated carbocycles. The van der Waals surface area contributed by atoms with Crippen molar-refractivity contribution in [2.45, 2.75) is 83.0 Å². The normalized spacial score (nSPS) is 28.1. The summed E-state index contributed by atoms with van der Waals surface area (Å²) in [6.45, 7) is 2.15. The van der Waals surface area contributed by atoms with Crippen LogP contribution in [0.4, 0.5) is 0 Å². The molecule has 154 valence electrons. The van der Waals surface area contributed by atoms with E-state index >= 15 is 0 Å². The van der Waals surface area contributed by atoms with E-state index in [4.69, 9.17) is 4.74 Å². The van der Waals surface area contributed by atoms with Crippen molar-refractivity contribution in [3.8, 4) is 0 Å². The molecule has 0 aromatic rings. The lowest BCUT2D eigenvalue weighted by molar-refractivity contribution is -0.128. The highest BCUT2D eigenvalue weighted by Gasteiger charge is 2.44. The predicted molar refractivity (Wildman–Crippen MR) is 107 cm³/mol. The van der Waals surface area contributed by atoms with Crippen molar-refractivity contribution >= 4 is 5.91 Å². The minimum Gasteiger partial charge on any atom is -0.494 e. The Kier molecular flexibility index (Phi) is 8.84. The van der Waals surface area contributed by atoms with E-state index in [2.05, 4.69) is 13.0 Å². The van der Waals surface area contributed by atoms with Gasteiger partial charge in [-0.05, 0) is 25.3 Å². The number of unbranched alkanes of at least 4 members (excludes halogenated alkanes) is 3. The highest BCUT2D eigenvalue weighted by Crippen LogP contribution is 2.43. The maximum absolute atomic E-state index is 11.6. The molecule has 1 heterocycles. The number of carbonyl (C=O) groups excluding carboxylic acids is 1. The molecule has 0 unspecified atom stereocenters. The average Bonchev–Trinajstić information content (AvgIpc) is 3.13. The van der Waals surface area contributed by atoms with Crippen molar-refractivity contribution in [3.05, 3.63) is 24.0 Å². The summed E-state index contributed by atoms with van der Waals surface area (Å²) >= 11 is 0. The number of amides is 1. The van der Waals surface area contributed by atoms with Crippen LogP contribution in [0.25, 0.3) is 0 Å². The lowest BCUT2D eigenvalue weighted by Crippen LogP contribution is -2.21. The molecule has 5 nitrogen and oxygen atoms in total. The molecule has 1 amide bonds. The van der Waals surface area contributed by atoms with Gasteiger partial charge in [-0.2, -0.15) is 0 Å². The van der Waals surface area contributed by atoms with Gasteiger partial charge in [0.05, 0.1) is 18.0 Å². The Morgan fingerprint density at radius 2 is 2.11 bits per heavy atom. The molecule has 1 aliphatic carbocycles. The number of allylic oxidation sites excluding steroid dienone is 1. The van der Waals surface area contributed by atoms with Gasteiger partial charge < -0.3 is 19.8 Å². The van der Waals surface area contributed by atoms with Crippen LogP contribution in [0.1, 0.15) is 64.7 Å². The first-order chi connectivity index (χ1) is 12.9. The Labute approximate surface area is 164 Å². The first-order valence-electron chi connectivity index (χ1n) is 10.5. The summed E-state index contributed by atoms with van der Waals surface area (Å²) in [6.07, 6.45) is 13.2. The minimum atomic E-state index is -0.428. The molecule has 1 fully saturated rings. The van der Waals surface area contributed by atoms with E-state index in [9.17, 15) is 15.0 Å². The van der Waals surface area contributed by atoms with Gasteiger partial charge in [-0.25, -0.2) is 0 Å². The second-order valence-electron chi connectivity index (χ2n) is 8.19. The third-order valence-electron chi connectivity index (χ3n) is 5.69. The third kappa shape index (κ3) is 6.65. The van der Waals surface area contributed by atoms with E-state index in [1.807, 2.05) is 12.2 Å². The number of aliphatic hydroxyl groups excluding tert-OH is 2. The molecule has 0 radical (unpaired) electrons. The summed E-state index contributed by atoms with van der Waals surface area (Å²) in [6, 6.07) is 0. The van der Waals surface area contributed by atoms with Crippen molar-refractivity contribution in [2.75, 3.05) is 14.1 Å². The Balaban J connectivity index is 1.79. The molecule has 2 N–H and O–H groups in total. The quantitative estimate of drug-likeness (QED) is 0.426. The lowest BCUT2D eigenvalue weighted by Gasteiger charge is -2.15. The fourth-order valence-electron chi connectivity index (χ4n) is 4.00. The average molecular weight is 380 g/mol. The van der Waals surface area contributed by atoms with Crippen LogP contribution in [0.2, 0.25) is 0 Å². The maximum atomic E-state index is 11.6. The number of hydrogen-bond acceptors (Lipinski definition) is 4. The van der Waals surface area contributed by atoms with E-state index in [0.29, 0.717) is 12.8 Å². The largest absolute Gasteiger partial charge is 0.494 e. The van der Waals surface area contributed by atoms with Gasteiger partial charge in [-0.3, -0.25) is 4.79 Å². The number of hydrogen-bond donors (Lipinski definition) is 2. The van der Waals surface area contributed by atoms with E-state index in [1.165, 1.54) is 0 Å². The maximum Gasteiger partial charge on any atom is 0.222 e. The van der Waals surface area contributed by atoms with Crippen LogP contribution < -0.4 is 0 Å². The molecule has 0 aromatic carbocycles. The standard InChI is InChI=1S/C22H37NO4/c1-4-5-6-9-16(24)12-13-18-19-14-17(27-21(19)15-20(18)25)10-7-8-11-22(26)23(2)3/h12-14,16,18-21,24-25H,4-11,15H2,1-3H3/b13-12+/t16-,18+,19+,20+,21-/m0/s1. The highest BCUT2D eigenvalue weighted by atomic mass is 16.5. The zero-order valence-electron chi connectivity index (χ0n) is 17.1. The van der Waals surface area contributed by atoms with Crippen molar-refractivity contribution in [1.82, 2.24) is 4.90 Å². The first kappa shape index (κ1) is 22.0. The number of rotatable bonds is 11. The summed E-state index contributed by atoms with van der Waals surface area (Å²) in [4.78, 5) is 13.2. The lowest BCUT2D eigenvalue weighted by atomic mass is 9.92. The Morgan fingerprint density at radius 1 is 1.33 bits per heavy atom. The van der Waals surface area contributed by atoms with Gasteiger partial charge in [0.1, 0.15) is 6.10 Å². The Morgan fingerprint density at radius 3 is 2.81 bits per heavy atom. The van der Waals surface area contributed by atoms with Gasteiger partial charge in [0.15, 0.2) is 0 Å². The molecule has 0 saturated heterocycles. The topological polar surface area (TPSA) is 70.0 Å². The highest BCUT2D eigenvalue weighted by molar-refractivity contribution is 5.75. The van der Waals surface area contributed by atoms with Crippen LogP contribution in [0.3, 0.4) is 0 Å². The molecule has 27 heavy (non-hydrogen) atoms. The molecule has 5 atom stereocenters. The number of carbonyl (C=O) groups is 1. The summed E-state index contributed by atoms with van der Waals surface area (Å²) < 4.78 is 6.04. The molecule has 2 aliphatic rings. The minimum absolute atomic E-state index is 0.0173. The molecule has 2 rings (SSSR count). The van der Waals surface area contributed by atoms with Gasteiger partial charge in [-0.15, -0.1) is 0 Å². The Bertz CT molecular complexity index is 528. The summed E-state index contributed by atoms with van der Waals surface area (Å²) in [7, 11) is 3.57. The fourth-order valence-corrected chi connectivity index (χ4v) is 4.00.